The van der Waals surface area contributed by atoms with Crippen molar-refractivity contribution in [3.8, 4) is 6.07 Å². The number of hydrogen-bond acceptors (Lipinski definition) is 7. The van der Waals surface area contributed by atoms with Gasteiger partial charge in [0.25, 0.3) is 11.5 Å². The van der Waals surface area contributed by atoms with Crippen LogP contribution in [-0.2, 0) is 24.2 Å². The Balaban J connectivity index is 0.975. The maximum Gasteiger partial charge on any atom is 0.261 e. The summed E-state index contributed by atoms with van der Waals surface area (Å²) in [5.41, 5.74) is 5.19. The van der Waals surface area contributed by atoms with Crippen LogP contribution in [0.25, 0.3) is 21.8 Å². The van der Waals surface area contributed by atoms with E-state index in [1.165, 1.54) is 10.9 Å². The van der Waals surface area contributed by atoms with E-state index in [-0.39, 0.29) is 36.3 Å². The number of nitriles is 1. The number of carbonyl (C=O) groups is 2. The smallest absolute Gasteiger partial charge is 0.261 e. The number of rotatable bonds is 9. The first-order valence-electron chi connectivity index (χ1n) is 17.9. The predicted molar refractivity (Wildman–Crippen MR) is 195 cm³/mol. The van der Waals surface area contributed by atoms with Gasteiger partial charge in [0.15, 0.2) is 0 Å². The summed E-state index contributed by atoms with van der Waals surface area (Å²) in [6.45, 7) is 3.21. The Morgan fingerprint density at radius 3 is 2.55 bits per heavy atom. The molecule has 10 heteroatoms. The summed E-state index contributed by atoms with van der Waals surface area (Å²) in [5, 5.41) is 25.7. The number of piperidine rings is 1. The lowest BCUT2D eigenvalue weighted by atomic mass is 9.89. The molecule has 2 N–H and O–H groups in total. The Morgan fingerprint density at radius 2 is 1.76 bits per heavy atom. The second-order valence-electron chi connectivity index (χ2n) is 14.1. The van der Waals surface area contributed by atoms with Crippen molar-refractivity contribution in [2.45, 2.75) is 76.4 Å². The summed E-state index contributed by atoms with van der Waals surface area (Å²) in [6.07, 6.45) is 6.84. The molecule has 1 unspecified atom stereocenters. The minimum atomic E-state index is -1.13. The highest BCUT2D eigenvalue weighted by molar-refractivity contribution is 5.99. The Bertz CT molecular complexity index is 2220. The van der Waals surface area contributed by atoms with Crippen LogP contribution in [0.2, 0.25) is 0 Å². The lowest BCUT2D eigenvalue weighted by molar-refractivity contribution is -0.136. The third kappa shape index (κ3) is 7.26. The van der Waals surface area contributed by atoms with Gasteiger partial charge in [0.2, 0.25) is 5.91 Å². The van der Waals surface area contributed by atoms with Crippen molar-refractivity contribution >= 4 is 33.6 Å². The summed E-state index contributed by atoms with van der Waals surface area (Å²) < 4.78 is 1.47. The maximum atomic E-state index is 13.6. The molecule has 51 heavy (non-hydrogen) atoms. The zero-order valence-electron chi connectivity index (χ0n) is 28.9. The SMILES string of the molecule is Cc1ccc2c(=O)n(CC3(O)CCN(C(=O)CC(CCNC(=O)c4ccc5c(C#N)c6c(nc5c4)CCCC6)c4ccccc4)CC3)cnc2c1. The molecule has 2 amide bonds. The molecule has 7 rings (SSSR count). The van der Waals surface area contributed by atoms with Crippen LogP contribution in [0, 0.1) is 18.3 Å². The number of aliphatic hydroxyl groups is 1. The molecule has 0 saturated carbocycles. The summed E-state index contributed by atoms with van der Waals surface area (Å²) in [5.74, 6) is -0.345. The third-order valence-corrected chi connectivity index (χ3v) is 10.6. The fourth-order valence-electron chi connectivity index (χ4n) is 7.64. The monoisotopic (exact) mass is 682 g/mol. The fraction of sp³-hybridized carbons (Fsp3) is 0.366. The predicted octanol–water partition coefficient (Wildman–Crippen LogP) is 5.35. The summed E-state index contributed by atoms with van der Waals surface area (Å²) in [7, 11) is 0. The summed E-state index contributed by atoms with van der Waals surface area (Å²) >= 11 is 0. The number of benzene rings is 3. The number of likely N-dealkylation sites (tertiary alicyclic amines) is 1. The van der Waals surface area contributed by atoms with Gasteiger partial charge < -0.3 is 15.3 Å². The number of fused-ring (bicyclic) bond motifs is 3. The van der Waals surface area contributed by atoms with Crippen molar-refractivity contribution in [2.75, 3.05) is 19.6 Å². The number of nitrogens with one attached hydrogen (secondary N) is 1. The second-order valence-corrected chi connectivity index (χ2v) is 14.1. The van der Waals surface area contributed by atoms with Crippen LogP contribution in [0.5, 0.6) is 0 Å². The van der Waals surface area contributed by atoms with Gasteiger partial charge in [-0.3, -0.25) is 23.9 Å². The molecule has 1 atom stereocenters. The minimum Gasteiger partial charge on any atom is -0.388 e. The van der Waals surface area contributed by atoms with Gasteiger partial charge in [-0.25, -0.2) is 4.98 Å². The third-order valence-electron chi connectivity index (χ3n) is 10.6. The van der Waals surface area contributed by atoms with Crippen LogP contribution in [0.15, 0.2) is 77.9 Å². The van der Waals surface area contributed by atoms with Gasteiger partial charge in [0.05, 0.1) is 40.5 Å². The maximum absolute atomic E-state index is 13.6. The van der Waals surface area contributed by atoms with Gasteiger partial charge in [-0.15, -0.1) is 0 Å². The number of nitrogens with zero attached hydrogens (tertiary/aromatic N) is 5. The fourth-order valence-corrected chi connectivity index (χ4v) is 7.64. The molecule has 10 nitrogen and oxygen atoms in total. The van der Waals surface area contributed by atoms with Crippen molar-refractivity contribution in [1.82, 2.24) is 24.8 Å². The molecule has 1 saturated heterocycles. The lowest BCUT2D eigenvalue weighted by Crippen LogP contribution is -2.49. The van der Waals surface area contributed by atoms with Gasteiger partial charge in [-0.05, 0) is 98.7 Å². The molecule has 2 aromatic heterocycles. The molecule has 0 radical (unpaired) electrons. The Labute approximate surface area is 296 Å². The second kappa shape index (κ2) is 14.4. The molecule has 2 aliphatic rings. The number of hydrogen-bond donors (Lipinski definition) is 2. The average molecular weight is 683 g/mol. The molecular formula is C41H42N6O4. The highest BCUT2D eigenvalue weighted by atomic mass is 16.3. The topological polar surface area (TPSA) is 141 Å². The van der Waals surface area contributed by atoms with Crippen LogP contribution < -0.4 is 10.9 Å². The number of amides is 2. The molecule has 0 bridgehead atoms. The van der Waals surface area contributed by atoms with Crippen LogP contribution in [0.3, 0.4) is 0 Å². The van der Waals surface area contributed by atoms with Gasteiger partial charge in [-0.1, -0.05) is 42.5 Å². The number of carbonyl (C=O) groups excluding carboxylic acids is 2. The van der Waals surface area contributed by atoms with E-state index in [1.807, 2.05) is 55.5 Å². The Hall–Kier alpha value is -5.40. The van der Waals surface area contributed by atoms with E-state index in [4.69, 9.17) is 4.98 Å². The number of pyridine rings is 1. The van der Waals surface area contributed by atoms with E-state index in [1.54, 1.807) is 23.1 Å². The van der Waals surface area contributed by atoms with Crippen LogP contribution >= 0.6 is 0 Å². The van der Waals surface area contributed by atoms with Gasteiger partial charge in [0.1, 0.15) is 6.07 Å². The van der Waals surface area contributed by atoms with Crippen molar-refractivity contribution < 1.29 is 14.7 Å². The highest BCUT2D eigenvalue weighted by Crippen LogP contribution is 2.30. The summed E-state index contributed by atoms with van der Waals surface area (Å²) in [6, 6.07) is 23.1. The Morgan fingerprint density at radius 1 is 1.00 bits per heavy atom. The zero-order valence-corrected chi connectivity index (χ0v) is 28.9. The molecular weight excluding hydrogens is 640 g/mol. The minimum absolute atomic E-state index is 0.00521. The van der Waals surface area contributed by atoms with Crippen molar-refractivity contribution in [3.05, 3.63) is 117 Å². The van der Waals surface area contributed by atoms with Crippen molar-refractivity contribution in [3.63, 3.8) is 0 Å². The highest BCUT2D eigenvalue weighted by Gasteiger charge is 2.35. The first-order chi connectivity index (χ1) is 24.7. The standard InChI is InChI=1S/C41H42N6O4/c1-27-11-13-33-36(21-27)44-26-47(40(33)50)25-41(51)16-19-46(20-17-41)38(48)23-29(28-7-3-2-4-8-28)15-18-43-39(49)30-12-14-32-34(24-42)31-9-5-6-10-35(31)45-37(32)22-30/h2-4,7-8,11-14,21-22,26,29,51H,5-6,9-10,15-20,23,25H2,1H3,(H,43,49). The first-order valence-corrected chi connectivity index (χ1v) is 17.9. The largest absolute Gasteiger partial charge is 0.388 e. The number of aromatic nitrogens is 3. The molecule has 5 aromatic rings. The van der Waals surface area contributed by atoms with Crippen LogP contribution in [0.4, 0.5) is 0 Å². The normalized spacial score (nSPS) is 16.0. The van der Waals surface area contributed by atoms with E-state index in [0.29, 0.717) is 66.4 Å². The van der Waals surface area contributed by atoms with Gasteiger partial charge >= 0.3 is 0 Å². The van der Waals surface area contributed by atoms with Crippen LogP contribution in [-0.4, -0.2) is 61.6 Å². The van der Waals surface area contributed by atoms with Gasteiger partial charge in [-0.2, -0.15) is 5.26 Å². The number of aryl methyl sites for hydroxylation is 2. The van der Waals surface area contributed by atoms with Crippen molar-refractivity contribution in [2.24, 2.45) is 0 Å². The van der Waals surface area contributed by atoms with E-state index in [9.17, 15) is 24.8 Å². The quantitative estimate of drug-likeness (QED) is 0.214. The zero-order chi connectivity index (χ0) is 35.5. The Kier molecular flexibility index (Phi) is 9.65. The molecule has 0 spiro atoms. The van der Waals surface area contributed by atoms with Gasteiger partial charge in [0, 0.05) is 42.7 Å². The molecule has 1 aliphatic heterocycles. The average Bonchev–Trinajstić information content (AvgIpc) is 3.14. The first kappa shape index (κ1) is 34.1. The molecule has 1 aliphatic carbocycles. The lowest BCUT2D eigenvalue weighted by Gasteiger charge is -2.39. The molecule has 3 aromatic carbocycles. The summed E-state index contributed by atoms with van der Waals surface area (Å²) in [4.78, 5) is 51.1. The van der Waals surface area contributed by atoms with E-state index < -0.39 is 5.60 Å². The van der Waals surface area contributed by atoms with Crippen molar-refractivity contribution in [1.29, 1.82) is 5.26 Å². The molecule has 3 heterocycles. The molecule has 1 fully saturated rings. The molecule has 260 valence electrons. The van der Waals surface area contributed by atoms with E-state index >= 15 is 0 Å². The van der Waals surface area contributed by atoms with E-state index in [2.05, 4.69) is 16.4 Å². The van der Waals surface area contributed by atoms with E-state index in [0.717, 1.165) is 53.5 Å². The van der Waals surface area contributed by atoms with Crippen LogP contribution in [0.1, 0.15) is 82.7 Å².